The Bertz CT molecular complexity index is 2110. The van der Waals surface area contributed by atoms with Crippen LogP contribution in [0.4, 0.5) is 9.59 Å². The molecule has 0 bridgehead atoms. The molecule has 0 spiro atoms. The SMILES string of the molecule is CCCCCCCCCCCCCCCC(=O)OCC(COC(=O)CCCCCCCCCCCCCCC)(COC(=O)CCCCCCCCCCCCCCC)NC(=O)NCCCCCCNC(=O)NC(COC(=O)CCCCCCCCCCCCCCC)(COC(=O)CCCCCCCCCCCCCCC)COC(=O)CCCCCCCCCCCCCCC. The molecule has 18 heteroatoms. The fraction of sp³-hybridized carbons (Fsp3) is 0.929. The molecule has 130 heavy (non-hydrogen) atoms. The molecule has 0 radical (unpaired) electrons. The van der Waals surface area contributed by atoms with Gasteiger partial charge in [0.05, 0.1) is 0 Å². The molecule has 0 heterocycles. The molecular weight excluding hydrogens is 1630 g/mol. The lowest BCUT2D eigenvalue weighted by molar-refractivity contribution is -0.159. The Morgan fingerprint density at radius 3 is 0.385 bits per heavy atom. The van der Waals surface area contributed by atoms with Crippen molar-refractivity contribution in [2.45, 2.75) is 618 Å². The van der Waals surface area contributed by atoms with Crippen LogP contribution in [0.2, 0.25) is 0 Å². The number of hydrogen-bond donors (Lipinski definition) is 4. The summed E-state index contributed by atoms with van der Waals surface area (Å²) in [5, 5.41) is 11.9. The maximum absolute atomic E-state index is 14.2. The first-order chi connectivity index (χ1) is 63.7. The van der Waals surface area contributed by atoms with Crippen LogP contribution in [0.5, 0.6) is 0 Å². The monoisotopic (exact) mass is 1840 g/mol. The third-order valence-electron chi connectivity index (χ3n) is 26.4. The Labute approximate surface area is 801 Å². The van der Waals surface area contributed by atoms with Gasteiger partial charge in [0.1, 0.15) is 50.7 Å². The van der Waals surface area contributed by atoms with Crippen molar-refractivity contribution in [1.29, 1.82) is 0 Å². The van der Waals surface area contributed by atoms with E-state index in [1.54, 1.807) is 0 Å². The fourth-order valence-corrected chi connectivity index (χ4v) is 17.5. The van der Waals surface area contributed by atoms with Crippen molar-refractivity contribution in [2.75, 3.05) is 52.7 Å². The van der Waals surface area contributed by atoms with Crippen molar-refractivity contribution in [3.63, 3.8) is 0 Å². The van der Waals surface area contributed by atoms with Crippen LogP contribution in [0, 0.1) is 0 Å². The standard InChI is InChI=1S/C112H214N4O14/c1-7-13-19-25-31-37-43-49-55-61-67-73-81-89-103(117)125-97-111(98-126-104(118)90-82-74-68-62-56-50-44-38-32-26-20-14-8-2,99-127-105(119)91-83-75-69-63-57-51-45-39-33-27-21-15-9-3)115-109(123)113-95-87-79-80-88-96-114-110(124)116-112(100-128-106(120)92-84-76-70-64-58-52-46-40-34-28-22-16-10-4,101-129-107(121)93-85-77-71-65-59-53-47-41-35-29-23-17-11-5)102-130-108(122)94-86-78-72-66-60-54-48-42-36-30-24-18-12-6/h7-102H2,1-6H3,(H2,113,115,123)(H2,114,116,124). The van der Waals surface area contributed by atoms with E-state index in [-0.39, 0.29) is 91.3 Å². The summed E-state index contributed by atoms with van der Waals surface area (Å²) in [6.07, 6.45) is 95.5. The molecule has 0 aromatic rings. The minimum atomic E-state index is -1.58. The van der Waals surface area contributed by atoms with E-state index >= 15 is 0 Å². The van der Waals surface area contributed by atoms with Crippen molar-refractivity contribution in [1.82, 2.24) is 21.3 Å². The Morgan fingerprint density at radius 1 is 0.154 bits per heavy atom. The number of rotatable bonds is 105. The topological polar surface area (TPSA) is 240 Å². The second-order valence-electron chi connectivity index (χ2n) is 39.7. The average molecular weight is 1840 g/mol. The third kappa shape index (κ3) is 91.1. The highest BCUT2D eigenvalue weighted by molar-refractivity contribution is 5.77. The van der Waals surface area contributed by atoms with Gasteiger partial charge in [0.25, 0.3) is 0 Å². The van der Waals surface area contributed by atoms with E-state index in [1.165, 1.54) is 347 Å². The predicted octanol–water partition coefficient (Wildman–Crippen LogP) is 32.8. The second-order valence-corrected chi connectivity index (χ2v) is 39.7. The van der Waals surface area contributed by atoms with Gasteiger partial charge >= 0.3 is 47.9 Å². The van der Waals surface area contributed by atoms with Crippen molar-refractivity contribution in [2.24, 2.45) is 0 Å². The zero-order chi connectivity index (χ0) is 94.6. The predicted molar refractivity (Wildman–Crippen MR) is 545 cm³/mol. The summed E-state index contributed by atoms with van der Waals surface area (Å²) in [7, 11) is 0. The number of amides is 4. The van der Waals surface area contributed by atoms with Gasteiger partial charge in [-0.3, -0.25) is 28.8 Å². The van der Waals surface area contributed by atoms with Crippen molar-refractivity contribution < 1.29 is 66.8 Å². The van der Waals surface area contributed by atoms with Crippen LogP contribution in [-0.4, -0.2) is 112 Å². The number of carbonyl (C=O) groups is 8. The molecule has 0 aliphatic rings. The Kier molecular flexibility index (Phi) is 96.7. The van der Waals surface area contributed by atoms with E-state index in [0.29, 0.717) is 64.2 Å². The molecular formula is C112H214N4O14. The van der Waals surface area contributed by atoms with Crippen LogP contribution < -0.4 is 21.3 Å². The third-order valence-corrected chi connectivity index (χ3v) is 26.4. The van der Waals surface area contributed by atoms with E-state index in [2.05, 4.69) is 62.8 Å². The molecule has 4 amide bonds. The van der Waals surface area contributed by atoms with Gasteiger partial charge in [-0.05, 0) is 51.4 Å². The first kappa shape index (κ1) is 125. The van der Waals surface area contributed by atoms with Gasteiger partial charge < -0.3 is 49.7 Å². The first-order valence-corrected chi connectivity index (χ1v) is 56.8. The minimum absolute atomic E-state index is 0.197. The molecule has 766 valence electrons. The lowest BCUT2D eigenvalue weighted by Gasteiger charge is -2.33. The largest absolute Gasteiger partial charge is 0.463 e. The maximum atomic E-state index is 14.2. The molecule has 0 fully saturated rings. The van der Waals surface area contributed by atoms with Crippen molar-refractivity contribution in [3.8, 4) is 0 Å². The van der Waals surface area contributed by atoms with Gasteiger partial charge in [0.15, 0.2) is 0 Å². The number of ether oxygens (including phenoxy) is 6. The molecule has 0 aromatic heterocycles. The molecule has 0 aliphatic heterocycles. The van der Waals surface area contributed by atoms with E-state index in [9.17, 15) is 38.4 Å². The Morgan fingerprint density at radius 2 is 0.262 bits per heavy atom. The highest BCUT2D eigenvalue weighted by Gasteiger charge is 2.40. The molecule has 0 atom stereocenters. The van der Waals surface area contributed by atoms with Gasteiger partial charge in [-0.15, -0.1) is 0 Å². The molecule has 0 rings (SSSR count). The van der Waals surface area contributed by atoms with Crippen LogP contribution in [0.1, 0.15) is 607 Å². The quantitative estimate of drug-likeness (QED) is 0.0252. The van der Waals surface area contributed by atoms with Gasteiger partial charge in [-0.2, -0.15) is 0 Å². The second kappa shape index (κ2) is 100. The highest BCUT2D eigenvalue weighted by atomic mass is 16.6. The van der Waals surface area contributed by atoms with Gasteiger partial charge in [-0.1, -0.05) is 517 Å². The number of carbonyl (C=O) groups excluding carboxylic acids is 8. The summed E-state index contributed by atoms with van der Waals surface area (Å²) >= 11 is 0. The van der Waals surface area contributed by atoms with Crippen LogP contribution >= 0.6 is 0 Å². The van der Waals surface area contributed by atoms with Crippen LogP contribution in [0.25, 0.3) is 0 Å². The minimum Gasteiger partial charge on any atom is -0.463 e. The normalized spacial score (nSPS) is 11.6. The lowest BCUT2D eigenvalue weighted by atomic mass is 10.0. The van der Waals surface area contributed by atoms with Crippen LogP contribution in [-0.2, 0) is 57.2 Å². The zero-order valence-electron chi connectivity index (χ0n) is 86.6. The summed E-state index contributed by atoms with van der Waals surface area (Å²) in [5.74, 6) is -2.58. The van der Waals surface area contributed by atoms with E-state index < -0.39 is 59.0 Å². The summed E-state index contributed by atoms with van der Waals surface area (Å²) < 4.78 is 36.0. The van der Waals surface area contributed by atoms with Crippen LogP contribution in [0.3, 0.4) is 0 Å². The van der Waals surface area contributed by atoms with Gasteiger partial charge in [-0.25, -0.2) is 9.59 Å². The molecule has 0 aliphatic carbocycles. The highest BCUT2D eigenvalue weighted by Crippen LogP contribution is 2.24. The number of esters is 6. The first-order valence-electron chi connectivity index (χ1n) is 56.8. The molecule has 0 saturated carbocycles. The molecule has 0 saturated heterocycles. The number of unbranched alkanes of at least 4 members (excludes halogenated alkanes) is 75. The Hall–Kier alpha value is -4.64. The van der Waals surface area contributed by atoms with Crippen molar-refractivity contribution in [3.05, 3.63) is 0 Å². The fourth-order valence-electron chi connectivity index (χ4n) is 17.5. The summed E-state index contributed by atoms with van der Waals surface area (Å²) in [4.78, 5) is 110. The summed E-state index contributed by atoms with van der Waals surface area (Å²) in [6.45, 7) is 11.9. The van der Waals surface area contributed by atoms with Gasteiger partial charge in [0, 0.05) is 51.6 Å². The Balaban J connectivity index is 6.52. The number of hydrogen-bond acceptors (Lipinski definition) is 14. The van der Waals surface area contributed by atoms with E-state index in [4.69, 9.17) is 28.4 Å². The maximum Gasteiger partial charge on any atom is 0.315 e. The molecule has 0 aromatic carbocycles. The summed E-state index contributed by atoms with van der Waals surface area (Å²) in [6, 6.07) is -1.18. The van der Waals surface area contributed by atoms with Crippen LogP contribution in [0.15, 0.2) is 0 Å². The molecule has 18 nitrogen and oxygen atoms in total. The molecule has 0 unspecified atom stereocenters. The summed E-state index contributed by atoms with van der Waals surface area (Å²) in [5.41, 5.74) is -3.16. The number of nitrogens with one attached hydrogen (secondary N) is 4. The zero-order valence-corrected chi connectivity index (χ0v) is 86.6. The van der Waals surface area contributed by atoms with E-state index in [1.807, 2.05) is 0 Å². The van der Waals surface area contributed by atoms with E-state index in [0.717, 1.165) is 116 Å². The van der Waals surface area contributed by atoms with Gasteiger partial charge in [0.2, 0.25) is 0 Å². The number of urea groups is 2. The lowest BCUT2D eigenvalue weighted by Crippen LogP contribution is -2.61. The average Bonchev–Trinajstić information content (AvgIpc) is 0.850. The smallest absolute Gasteiger partial charge is 0.315 e. The molecule has 4 N–H and O–H groups in total. The van der Waals surface area contributed by atoms with Crippen molar-refractivity contribution >= 4 is 47.9 Å².